The number of rotatable bonds is 5. The van der Waals surface area contributed by atoms with Crippen molar-refractivity contribution in [2.45, 2.75) is 36.6 Å². The van der Waals surface area contributed by atoms with Gasteiger partial charge in [-0.2, -0.15) is 0 Å². The van der Waals surface area contributed by atoms with E-state index in [1.54, 1.807) is 11.8 Å². The van der Waals surface area contributed by atoms with Crippen molar-refractivity contribution in [1.29, 1.82) is 0 Å². The summed E-state index contributed by atoms with van der Waals surface area (Å²) in [6.07, 6.45) is 3.83. The van der Waals surface area contributed by atoms with E-state index in [-0.39, 0.29) is 11.9 Å². The molecular formula is C15H21N2OS. The lowest BCUT2D eigenvalue weighted by molar-refractivity contribution is -0.132. The number of hydrogen-bond donors (Lipinski definition) is 0. The molecule has 1 radical (unpaired) electrons. The van der Waals surface area contributed by atoms with Crippen LogP contribution in [0.25, 0.3) is 0 Å². The Morgan fingerprint density at radius 1 is 1.21 bits per heavy atom. The summed E-state index contributed by atoms with van der Waals surface area (Å²) in [5.41, 5.74) is 8.00. The van der Waals surface area contributed by atoms with Crippen LogP contribution in [0.4, 0.5) is 0 Å². The van der Waals surface area contributed by atoms with Crippen molar-refractivity contribution >= 4 is 17.7 Å². The number of nitrogens with one attached hydrogen (secondary N) is 1. The number of likely N-dealkylation sites (tertiary alicyclic amines) is 1. The van der Waals surface area contributed by atoms with Gasteiger partial charge in [-0.1, -0.05) is 18.2 Å². The molecule has 19 heavy (non-hydrogen) atoms. The van der Waals surface area contributed by atoms with Gasteiger partial charge in [-0.3, -0.25) is 10.5 Å². The maximum atomic E-state index is 12.0. The van der Waals surface area contributed by atoms with E-state index >= 15 is 0 Å². The van der Waals surface area contributed by atoms with Crippen molar-refractivity contribution < 1.29 is 4.79 Å². The van der Waals surface area contributed by atoms with Crippen molar-refractivity contribution in [3.63, 3.8) is 0 Å². The number of carbonyl (C=O) groups is 1. The third-order valence-electron chi connectivity index (χ3n) is 3.32. The van der Waals surface area contributed by atoms with E-state index < -0.39 is 0 Å². The third-order valence-corrected chi connectivity index (χ3v) is 4.50. The van der Waals surface area contributed by atoms with Crippen LogP contribution in [-0.4, -0.2) is 35.7 Å². The summed E-state index contributed by atoms with van der Waals surface area (Å²) in [5, 5.41) is 0. The Balaban J connectivity index is 1.71. The van der Waals surface area contributed by atoms with Crippen LogP contribution < -0.4 is 5.73 Å². The van der Waals surface area contributed by atoms with Gasteiger partial charge in [-0.25, -0.2) is 0 Å². The summed E-state index contributed by atoms with van der Waals surface area (Å²) >= 11 is 1.66. The zero-order valence-corrected chi connectivity index (χ0v) is 12.0. The van der Waals surface area contributed by atoms with Crippen molar-refractivity contribution in [3.05, 3.63) is 30.3 Å². The predicted octanol–water partition coefficient (Wildman–Crippen LogP) is 2.83. The lowest BCUT2D eigenvalue weighted by Gasteiger charge is -2.27. The van der Waals surface area contributed by atoms with Gasteiger partial charge in [0.2, 0.25) is 5.91 Å². The molecule has 1 fully saturated rings. The Morgan fingerprint density at radius 3 is 2.58 bits per heavy atom. The topological polar surface area (TPSA) is 44.1 Å². The molecule has 1 aliphatic heterocycles. The minimum atomic E-state index is -0.306. The summed E-state index contributed by atoms with van der Waals surface area (Å²) in [4.78, 5) is 15.1. The van der Waals surface area contributed by atoms with E-state index in [2.05, 4.69) is 0 Å². The number of thioether (sulfide) groups is 1. The van der Waals surface area contributed by atoms with Gasteiger partial charge in [0.05, 0.1) is 0 Å². The van der Waals surface area contributed by atoms with Gasteiger partial charge in [0.15, 0.2) is 0 Å². The molecule has 0 saturated carbocycles. The molecule has 0 aliphatic carbocycles. The number of carbonyl (C=O) groups excluding carboxylic acids is 1. The molecule has 1 aromatic rings. The second-order valence-corrected chi connectivity index (χ2v) is 6.06. The monoisotopic (exact) mass is 277 g/mol. The molecule has 1 saturated heterocycles. The Hall–Kier alpha value is -1.00. The van der Waals surface area contributed by atoms with E-state index in [1.165, 1.54) is 11.3 Å². The molecule has 0 spiro atoms. The number of hydrogen-bond acceptors (Lipinski definition) is 2. The molecule has 4 heteroatoms. The highest BCUT2D eigenvalue weighted by Crippen LogP contribution is 2.19. The molecule has 1 amide bonds. The molecule has 1 atom stereocenters. The highest BCUT2D eigenvalue weighted by molar-refractivity contribution is 7.99. The van der Waals surface area contributed by atoms with Gasteiger partial charge in [0.25, 0.3) is 0 Å². The number of nitrogens with zero attached hydrogens (tertiary/aromatic N) is 1. The van der Waals surface area contributed by atoms with Crippen molar-refractivity contribution in [2.24, 2.45) is 0 Å². The van der Waals surface area contributed by atoms with Crippen molar-refractivity contribution in [1.82, 2.24) is 10.6 Å². The Morgan fingerprint density at radius 2 is 1.89 bits per heavy atom. The van der Waals surface area contributed by atoms with Gasteiger partial charge in [0, 0.05) is 36.2 Å². The van der Waals surface area contributed by atoms with Gasteiger partial charge < -0.3 is 4.90 Å². The van der Waals surface area contributed by atoms with E-state index in [4.69, 9.17) is 5.73 Å². The van der Waals surface area contributed by atoms with Crippen LogP contribution in [-0.2, 0) is 4.79 Å². The molecule has 1 heterocycles. The van der Waals surface area contributed by atoms with Crippen LogP contribution in [0.15, 0.2) is 35.2 Å². The van der Waals surface area contributed by atoms with Crippen LogP contribution in [0.5, 0.6) is 0 Å². The molecular weight excluding hydrogens is 256 g/mol. The van der Waals surface area contributed by atoms with Gasteiger partial charge >= 0.3 is 0 Å². The van der Waals surface area contributed by atoms with Crippen LogP contribution in [0.3, 0.4) is 0 Å². The molecule has 0 bridgehead atoms. The van der Waals surface area contributed by atoms with Crippen LogP contribution in [0.2, 0.25) is 0 Å². The lowest BCUT2D eigenvalue weighted by Crippen LogP contribution is -2.38. The summed E-state index contributed by atoms with van der Waals surface area (Å²) in [5.74, 6) is 0.845. The second-order valence-electron chi connectivity index (χ2n) is 4.97. The van der Waals surface area contributed by atoms with E-state index in [9.17, 15) is 4.79 Å². The van der Waals surface area contributed by atoms with Gasteiger partial charge in [0.1, 0.15) is 0 Å². The largest absolute Gasteiger partial charge is 0.343 e. The molecule has 103 valence electrons. The zero-order chi connectivity index (χ0) is 13.5. The minimum Gasteiger partial charge on any atom is -0.343 e. The highest BCUT2D eigenvalue weighted by atomic mass is 32.2. The Kier molecular flexibility index (Phi) is 5.73. The van der Waals surface area contributed by atoms with Crippen LogP contribution >= 0.6 is 11.8 Å². The predicted molar refractivity (Wildman–Crippen MR) is 79.1 cm³/mol. The Bertz CT molecular complexity index is 390. The summed E-state index contributed by atoms with van der Waals surface area (Å²) in [7, 11) is 0. The summed E-state index contributed by atoms with van der Waals surface area (Å²) < 4.78 is 0. The minimum absolute atomic E-state index is 0.161. The quantitative estimate of drug-likeness (QED) is 0.777. The Labute approximate surface area is 119 Å². The molecule has 1 aromatic carbocycles. The number of piperidine rings is 1. The van der Waals surface area contributed by atoms with Crippen molar-refractivity contribution in [3.8, 4) is 0 Å². The lowest BCUT2D eigenvalue weighted by atomic mass is 10.1. The fraction of sp³-hybridized carbons (Fsp3) is 0.533. The molecule has 0 unspecified atom stereocenters. The number of benzene rings is 1. The second kappa shape index (κ2) is 7.56. The summed E-state index contributed by atoms with van der Waals surface area (Å²) in [6, 6.07) is 9.77. The first-order chi connectivity index (χ1) is 9.25. The molecule has 0 aromatic heterocycles. The first-order valence-corrected chi connectivity index (χ1v) is 7.91. The van der Waals surface area contributed by atoms with E-state index in [1.807, 2.05) is 35.2 Å². The number of amides is 1. The molecule has 1 aliphatic rings. The van der Waals surface area contributed by atoms with Crippen LogP contribution in [0, 0.1) is 0 Å². The normalized spacial score (nSPS) is 17.2. The molecule has 2 rings (SSSR count). The van der Waals surface area contributed by atoms with Gasteiger partial charge in [-0.15, -0.1) is 11.8 Å². The SMILES string of the molecule is [NH][C@@H](CSc1ccccc1)CC(=O)N1CCCCC1. The maximum Gasteiger partial charge on any atom is 0.224 e. The molecule has 1 N–H and O–H groups in total. The smallest absolute Gasteiger partial charge is 0.224 e. The highest BCUT2D eigenvalue weighted by Gasteiger charge is 2.19. The first kappa shape index (κ1) is 14.4. The van der Waals surface area contributed by atoms with E-state index in [0.717, 1.165) is 25.9 Å². The zero-order valence-electron chi connectivity index (χ0n) is 11.2. The maximum absolute atomic E-state index is 12.0. The first-order valence-electron chi connectivity index (χ1n) is 6.92. The van der Waals surface area contributed by atoms with Crippen LogP contribution in [0.1, 0.15) is 25.7 Å². The third kappa shape index (κ3) is 4.88. The average Bonchev–Trinajstić information content (AvgIpc) is 2.47. The standard InChI is InChI=1S/C15H21N2OS/c16-13(12-19-14-7-3-1-4-8-14)11-15(18)17-9-5-2-6-10-17/h1,3-4,7-8,13,16H,2,5-6,9-12H2/t13-/m1/s1. The summed E-state index contributed by atoms with van der Waals surface area (Å²) in [6.45, 7) is 1.77. The van der Waals surface area contributed by atoms with Gasteiger partial charge in [-0.05, 0) is 31.4 Å². The fourth-order valence-electron chi connectivity index (χ4n) is 2.26. The molecule has 3 nitrogen and oxygen atoms in total. The average molecular weight is 277 g/mol. The van der Waals surface area contributed by atoms with Crippen molar-refractivity contribution in [2.75, 3.05) is 18.8 Å². The van der Waals surface area contributed by atoms with E-state index in [0.29, 0.717) is 12.2 Å². The fourth-order valence-corrected chi connectivity index (χ4v) is 3.12.